The summed E-state index contributed by atoms with van der Waals surface area (Å²) in [4.78, 5) is 8.02. The van der Waals surface area contributed by atoms with Gasteiger partial charge in [-0.1, -0.05) is 5.16 Å². The number of nitrogens with zero attached hydrogens (tertiary/aromatic N) is 3. The zero-order valence-electron chi connectivity index (χ0n) is 6.93. The van der Waals surface area contributed by atoms with Gasteiger partial charge in [0.1, 0.15) is 12.0 Å². The Kier molecular flexibility index (Phi) is 2.31. The van der Waals surface area contributed by atoms with Crippen LogP contribution in [0.3, 0.4) is 0 Å². The van der Waals surface area contributed by atoms with Crippen molar-refractivity contribution < 1.29 is 8.94 Å². The standard InChI is InChI=1S/C7H7N3O2S/c1-13-3-6-9-7(10-12-6)5-2-11-4-8-5/h2,4H,3H2,1H3. The molecule has 0 aliphatic rings. The molecular weight excluding hydrogens is 190 g/mol. The lowest BCUT2D eigenvalue weighted by Crippen LogP contribution is -1.81. The Morgan fingerprint density at radius 3 is 3.15 bits per heavy atom. The van der Waals surface area contributed by atoms with Crippen molar-refractivity contribution in [3.05, 3.63) is 18.5 Å². The molecule has 0 aliphatic carbocycles. The third-order valence-electron chi connectivity index (χ3n) is 1.40. The highest BCUT2D eigenvalue weighted by atomic mass is 32.2. The fraction of sp³-hybridized carbons (Fsp3) is 0.286. The zero-order chi connectivity index (χ0) is 9.10. The van der Waals surface area contributed by atoms with Gasteiger partial charge in [0, 0.05) is 0 Å². The van der Waals surface area contributed by atoms with Crippen molar-refractivity contribution in [1.82, 2.24) is 15.1 Å². The van der Waals surface area contributed by atoms with Gasteiger partial charge in [-0.05, 0) is 6.26 Å². The first-order chi connectivity index (χ1) is 6.40. The van der Waals surface area contributed by atoms with Crippen LogP contribution < -0.4 is 0 Å². The maximum Gasteiger partial charge on any atom is 0.236 e. The molecule has 68 valence electrons. The van der Waals surface area contributed by atoms with E-state index in [0.717, 1.165) is 0 Å². The van der Waals surface area contributed by atoms with Gasteiger partial charge in [0.15, 0.2) is 6.39 Å². The highest BCUT2D eigenvalue weighted by Crippen LogP contribution is 2.14. The van der Waals surface area contributed by atoms with E-state index in [1.807, 2.05) is 6.26 Å². The lowest BCUT2D eigenvalue weighted by Gasteiger charge is -1.83. The van der Waals surface area contributed by atoms with E-state index in [-0.39, 0.29) is 0 Å². The summed E-state index contributed by atoms with van der Waals surface area (Å²) in [5.74, 6) is 1.79. The summed E-state index contributed by atoms with van der Waals surface area (Å²) in [7, 11) is 0. The molecule has 0 N–H and O–H groups in total. The van der Waals surface area contributed by atoms with E-state index in [1.165, 1.54) is 12.7 Å². The van der Waals surface area contributed by atoms with Gasteiger partial charge in [-0.3, -0.25) is 0 Å². The molecule has 5 nitrogen and oxygen atoms in total. The Balaban J connectivity index is 2.23. The first-order valence-electron chi connectivity index (χ1n) is 3.60. The molecule has 0 unspecified atom stereocenters. The van der Waals surface area contributed by atoms with Crippen molar-refractivity contribution in [2.45, 2.75) is 5.75 Å². The predicted octanol–water partition coefficient (Wildman–Crippen LogP) is 1.59. The number of hydrogen-bond donors (Lipinski definition) is 0. The molecule has 6 heteroatoms. The molecule has 0 fully saturated rings. The molecular formula is C7H7N3O2S. The minimum Gasteiger partial charge on any atom is -0.451 e. The van der Waals surface area contributed by atoms with Gasteiger partial charge in [0.2, 0.25) is 11.7 Å². The van der Waals surface area contributed by atoms with Crippen LogP contribution in [-0.2, 0) is 5.75 Å². The number of rotatable bonds is 3. The highest BCUT2D eigenvalue weighted by molar-refractivity contribution is 7.97. The van der Waals surface area contributed by atoms with Crippen LogP contribution in [-0.4, -0.2) is 21.4 Å². The van der Waals surface area contributed by atoms with Gasteiger partial charge in [-0.15, -0.1) is 0 Å². The van der Waals surface area contributed by atoms with Crippen molar-refractivity contribution in [3.8, 4) is 11.5 Å². The Bertz CT molecular complexity index is 371. The van der Waals surface area contributed by atoms with Crippen LogP contribution in [0.2, 0.25) is 0 Å². The minimum absolute atomic E-state index is 0.470. The molecule has 0 bridgehead atoms. The van der Waals surface area contributed by atoms with E-state index in [1.54, 1.807) is 11.8 Å². The van der Waals surface area contributed by atoms with Crippen LogP contribution in [0.25, 0.3) is 11.5 Å². The average molecular weight is 197 g/mol. The van der Waals surface area contributed by atoms with Crippen molar-refractivity contribution >= 4 is 11.8 Å². The predicted molar refractivity (Wildman–Crippen MR) is 47.0 cm³/mol. The van der Waals surface area contributed by atoms with E-state index in [9.17, 15) is 0 Å². The molecule has 0 aromatic carbocycles. The van der Waals surface area contributed by atoms with E-state index >= 15 is 0 Å². The molecule has 0 radical (unpaired) electrons. The fourth-order valence-electron chi connectivity index (χ4n) is 0.864. The molecule has 2 heterocycles. The summed E-state index contributed by atoms with van der Waals surface area (Å²) in [5, 5.41) is 3.76. The van der Waals surface area contributed by atoms with Crippen molar-refractivity contribution in [2.75, 3.05) is 6.26 Å². The van der Waals surface area contributed by atoms with Crippen molar-refractivity contribution in [1.29, 1.82) is 0 Å². The number of thioether (sulfide) groups is 1. The molecule has 2 aromatic rings. The Morgan fingerprint density at radius 2 is 2.46 bits per heavy atom. The van der Waals surface area contributed by atoms with Gasteiger partial charge in [-0.25, -0.2) is 4.98 Å². The lowest BCUT2D eigenvalue weighted by molar-refractivity contribution is 0.391. The van der Waals surface area contributed by atoms with E-state index < -0.39 is 0 Å². The maximum absolute atomic E-state index is 4.97. The van der Waals surface area contributed by atoms with Crippen LogP contribution in [0.1, 0.15) is 5.89 Å². The van der Waals surface area contributed by atoms with Gasteiger partial charge >= 0.3 is 0 Å². The van der Waals surface area contributed by atoms with Crippen LogP contribution in [0.4, 0.5) is 0 Å². The van der Waals surface area contributed by atoms with Gasteiger partial charge in [-0.2, -0.15) is 16.7 Å². The molecule has 0 saturated heterocycles. The fourth-order valence-corrected chi connectivity index (χ4v) is 1.23. The highest BCUT2D eigenvalue weighted by Gasteiger charge is 2.09. The molecule has 0 atom stereocenters. The zero-order valence-corrected chi connectivity index (χ0v) is 7.74. The SMILES string of the molecule is CSCc1nc(-c2cocn2)no1. The minimum atomic E-state index is 0.470. The summed E-state index contributed by atoms with van der Waals surface area (Å²) in [6, 6.07) is 0. The third-order valence-corrected chi connectivity index (χ3v) is 1.93. The normalized spacial score (nSPS) is 10.5. The van der Waals surface area contributed by atoms with E-state index in [4.69, 9.17) is 8.94 Å². The second-order valence-electron chi connectivity index (χ2n) is 2.32. The quantitative estimate of drug-likeness (QED) is 0.744. The second-order valence-corrected chi connectivity index (χ2v) is 3.18. The molecule has 2 aromatic heterocycles. The number of hydrogen-bond acceptors (Lipinski definition) is 6. The van der Waals surface area contributed by atoms with E-state index in [2.05, 4.69) is 15.1 Å². The molecule has 0 saturated carbocycles. The largest absolute Gasteiger partial charge is 0.451 e. The van der Waals surface area contributed by atoms with Gasteiger partial charge in [0.25, 0.3) is 0 Å². The maximum atomic E-state index is 4.97. The number of aromatic nitrogens is 3. The average Bonchev–Trinajstić information content (AvgIpc) is 2.70. The van der Waals surface area contributed by atoms with Crippen LogP contribution in [0.15, 0.2) is 21.6 Å². The number of oxazole rings is 1. The van der Waals surface area contributed by atoms with Crippen molar-refractivity contribution in [2.24, 2.45) is 0 Å². The van der Waals surface area contributed by atoms with Crippen LogP contribution in [0, 0.1) is 0 Å². The molecule has 0 amide bonds. The second kappa shape index (κ2) is 3.61. The van der Waals surface area contributed by atoms with Crippen molar-refractivity contribution in [3.63, 3.8) is 0 Å². The summed E-state index contributed by atoms with van der Waals surface area (Å²) in [6.45, 7) is 0. The van der Waals surface area contributed by atoms with Crippen LogP contribution >= 0.6 is 11.8 Å². The third kappa shape index (κ3) is 1.72. The van der Waals surface area contributed by atoms with Crippen LogP contribution in [0.5, 0.6) is 0 Å². The first kappa shape index (κ1) is 8.31. The summed E-state index contributed by atoms with van der Waals surface area (Å²) in [5.41, 5.74) is 0.594. The Morgan fingerprint density at radius 1 is 1.54 bits per heavy atom. The molecule has 0 aliphatic heterocycles. The smallest absolute Gasteiger partial charge is 0.236 e. The summed E-state index contributed by atoms with van der Waals surface area (Å²) >= 11 is 1.63. The lowest BCUT2D eigenvalue weighted by atomic mass is 10.5. The molecule has 2 rings (SSSR count). The Labute approximate surface area is 78.5 Å². The summed E-state index contributed by atoms with van der Waals surface area (Å²) in [6.07, 6.45) is 4.79. The summed E-state index contributed by atoms with van der Waals surface area (Å²) < 4.78 is 9.77. The van der Waals surface area contributed by atoms with Gasteiger partial charge in [0.05, 0.1) is 5.75 Å². The topological polar surface area (TPSA) is 65.0 Å². The Hall–Kier alpha value is -1.30. The van der Waals surface area contributed by atoms with E-state index in [0.29, 0.717) is 23.2 Å². The monoisotopic (exact) mass is 197 g/mol. The molecule has 13 heavy (non-hydrogen) atoms. The molecule has 0 spiro atoms. The first-order valence-corrected chi connectivity index (χ1v) is 4.99. The van der Waals surface area contributed by atoms with Gasteiger partial charge < -0.3 is 8.94 Å².